The second-order valence-corrected chi connectivity index (χ2v) is 4.92. The summed E-state index contributed by atoms with van der Waals surface area (Å²) in [6, 6.07) is 0. The molecular weight excluding hydrogens is 316 g/mol. The number of anilines is 2. The van der Waals surface area contributed by atoms with Crippen LogP contribution in [0.5, 0.6) is 0 Å². The number of fused-ring (bicyclic) bond motifs is 2. The first-order valence-corrected chi connectivity index (χ1v) is 7.03. The van der Waals surface area contributed by atoms with Gasteiger partial charge in [-0.1, -0.05) is 0 Å². The van der Waals surface area contributed by atoms with Crippen LogP contribution in [0.1, 0.15) is 6.92 Å². The smallest absolute Gasteiger partial charge is 0.280 e. The SMILES string of the molecule is CCNc1nc2c(ncn2-n2cnc3c(=O)[nH]c(N)nc32)c(=O)[nH]1. The van der Waals surface area contributed by atoms with E-state index in [0.29, 0.717) is 12.5 Å². The molecule has 0 fully saturated rings. The van der Waals surface area contributed by atoms with E-state index in [0.717, 1.165) is 0 Å². The van der Waals surface area contributed by atoms with Gasteiger partial charge in [0.2, 0.25) is 11.9 Å². The van der Waals surface area contributed by atoms with Crippen LogP contribution in [0.25, 0.3) is 22.3 Å². The summed E-state index contributed by atoms with van der Waals surface area (Å²) in [7, 11) is 0. The van der Waals surface area contributed by atoms with Crippen molar-refractivity contribution in [3.05, 3.63) is 33.4 Å². The lowest BCUT2D eigenvalue weighted by Crippen LogP contribution is -2.16. The molecule has 0 unspecified atom stereocenters. The highest BCUT2D eigenvalue weighted by Crippen LogP contribution is 2.12. The molecule has 0 amide bonds. The van der Waals surface area contributed by atoms with Gasteiger partial charge in [0.15, 0.2) is 22.3 Å². The molecule has 24 heavy (non-hydrogen) atoms. The van der Waals surface area contributed by atoms with Crippen molar-refractivity contribution in [1.29, 1.82) is 0 Å². The van der Waals surface area contributed by atoms with Crippen LogP contribution in [0.4, 0.5) is 11.9 Å². The van der Waals surface area contributed by atoms with Gasteiger partial charge in [-0.3, -0.25) is 19.6 Å². The maximum Gasteiger partial charge on any atom is 0.280 e. The molecule has 4 aromatic rings. The third-order valence-electron chi connectivity index (χ3n) is 3.37. The van der Waals surface area contributed by atoms with Gasteiger partial charge in [0, 0.05) is 6.54 Å². The van der Waals surface area contributed by atoms with E-state index in [4.69, 9.17) is 5.73 Å². The van der Waals surface area contributed by atoms with E-state index < -0.39 is 5.56 Å². The number of aromatic amines is 2. The lowest BCUT2D eigenvalue weighted by atomic mass is 10.5. The van der Waals surface area contributed by atoms with Gasteiger partial charge in [0.05, 0.1) is 0 Å². The van der Waals surface area contributed by atoms with Crippen LogP contribution in [0.15, 0.2) is 22.2 Å². The van der Waals surface area contributed by atoms with Crippen molar-refractivity contribution in [3.63, 3.8) is 0 Å². The molecule has 12 heteroatoms. The summed E-state index contributed by atoms with van der Waals surface area (Å²) in [5, 5.41) is 2.93. The lowest BCUT2D eigenvalue weighted by Gasteiger charge is -2.06. The first kappa shape index (κ1) is 13.9. The van der Waals surface area contributed by atoms with E-state index in [1.54, 1.807) is 0 Å². The van der Waals surface area contributed by atoms with Gasteiger partial charge in [-0.2, -0.15) is 9.97 Å². The van der Waals surface area contributed by atoms with E-state index in [1.165, 1.54) is 22.0 Å². The van der Waals surface area contributed by atoms with Crippen LogP contribution in [0.3, 0.4) is 0 Å². The molecule has 4 rings (SSSR count). The summed E-state index contributed by atoms with van der Waals surface area (Å²) in [6.45, 7) is 2.47. The van der Waals surface area contributed by atoms with Gasteiger partial charge in [-0.05, 0) is 6.92 Å². The summed E-state index contributed by atoms with van der Waals surface area (Å²) >= 11 is 0. The van der Waals surface area contributed by atoms with Crippen LogP contribution in [-0.4, -0.2) is 45.8 Å². The average Bonchev–Trinajstić information content (AvgIpc) is 3.11. The maximum absolute atomic E-state index is 12.1. The Morgan fingerprint density at radius 3 is 2.25 bits per heavy atom. The van der Waals surface area contributed by atoms with Crippen LogP contribution in [0, 0.1) is 0 Å². The van der Waals surface area contributed by atoms with Crippen molar-refractivity contribution in [2.45, 2.75) is 6.92 Å². The Morgan fingerprint density at radius 1 is 1.04 bits per heavy atom. The van der Waals surface area contributed by atoms with Gasteiger partial charge >= 0.3 is 0 Å². The van der Waals surface area contributed by atoms with Crippen molar-refractivity contribution in [2.75, 3.05) is 17.6 Å². The molecule has 4 heterocycles. The van der Waals surface area contributed by atoms with Gasteiger partial charge < -0.3 is 11.1 Å². The van der Waals surface area contributed by atoms with E-state index >= 15 is 0 Å². The number of imidazole rings is 2. The third-order valence-corrected chi connectivity index (χ3v) is 3.37. The summed E-state index contributed by atoms with van der Waals surface area (Å²) in [6.07, 6.45) is 2.77. The topological polar surface area (TPSA) is 165 Å². The molecule has 0 spiro atoms. The molecule has 0 saturated heterocycles. The zero-order valence-corrected chi connectivity index (χ0v) is 12.4. The molecule has 0 aliphatic heterocycles. The Kier molecular flexibility index (Phi) is 2.85. The number of H-pyrrole nitrogens is 2. The van der Waals surface area contributed by atoms with Gasteiger partial charge in [-0.25, -0.2) is 19.3 Å². The Labute approximate surface area is 132 Å². The fraction of sp³-hybridized carbons (Fsp3) is 0.167. The van der Waals surface area contributed by atoms with Gasteiger partial charge in [0.25, 0.3) is 11.1 Å². The minimum absolute atomic E-state index is 0.0437. The lowest BCUT2D eigenvalue weighted by molar-refractivity contribution is 0.687. The largest absolute Gasteiger partial charge is 0.369 e. The Balaban J connectivity index is 2.04. The fourth-order valence-electron chi connectivity index (χ4n) is 2.38. The second-order valence-electron chi connectivity index (χ2n) is 4.92. The van der Waals surface area contributed by atoms with Crippen LogP contribution < -0.4 is 22.2 Å². The number of nitrogens with two attached hydrogens (primary N) is 1. The molecule has 0 atom stereocenters. The molecule has 122 valence electrons. The molecule has 0 aromatic carbocycles. The van der Waals surface area contributed by atoms with E-state index in [-0.39, 0.29) is 33.8 Å². The number of hydrogen-bond acceptors (Lipinski definition) is 8. The monoisotopic (exact) mass is 328 g/mol. The number of nitrogen functional groups attached to an aromatic ring is 1. The molecule has 0 aliphatic carbocycles. The Bertz CT molecular complexity index is 1180. The first-order valence-electron chi connectivity index (χ1n) is 7.03. The molecule has 4 aromatic heterocycles. The zero-order valence-electron chi connectivity index (χ0n) is 12.4. The maximum atomic E-state index is 12.1. The molecule has 5 N–H and O–H groups in total. The number of hydrogen-bond donors (Lipinski definition) is 4. The number of nitrogens with one attached hydrogen (secondary N) is 3. The van der Waals surface area contributed by atoms with Crippen molar-refractivity contribution in [1.82, 2.24) is 39.3 Å². The van der Waals surface area contributed by atoms with E-state index in [2.05, 4.69) is 35.2 Å². The van der Waals surface area contributed by atoms with E-state index in [1.807, 2.05) is 6.92 Å². The summed E-state index contributed by atoms with van der Waals surface area (Å²) in [4.78, 5) is 45.5. The average molecular weight is 328 g/mol. The normalized spacial score (nSPS) is 11.4. The Hall–Kier alpha value is -3.70. The quantitative estimate of drug-likeness (QED) is 0.367. The first-order chi connectivity index (χ1) is 11.6. The molecule has 0 aliphatic rings. The van der Waals surface area contributed by atoms with E-state index in [9.17, 15) is 9.59 Å². The third kappa shape index (κ3) is 1.93. The number of rotatable bonds is 3. The van der Waals surface area contributed by atoms with Crippen LogP contribution >= 0.6 is 0 Å². The van der Waals surface area contributed by atoms with Crippen molar-refractivity contribution >= 4 is 34.2 Å². The number of nitrogens with zero attached hydrogens (tertiary/aromatic N) is 6. The number of aromatic nitrogens is 8. The van der Waals surface area contributed by atoms with Crippen molar-refractivity contribution in [2.24, 2.45) is 0 Å². The van der Waals surface area contributed by atoms with Gasteiger partial charge in [0.1, 0.15) is 12.7 Å². The fourth-order valence-corrected chi connectivity index (χ4v) is 2.38. The highest BCUT2D eigenvalue weighted by Gasteiger charge is 2.15. The van der Waals surface area contributed by atoms with Gasteiger partial charge in [-0.15, -0.1) is 0 Å². The second kappa shape index (κ2) is 4.91. The molecule has 0 saturated carbocycles. The molecular formula is C12H12N10O2. The van der Waals surface area contributed by atoms with Crippen LogP contribution in [0.2, 0.25) is 0 Å². The van der Waals surface area contributed by atoms with Crippen LogP contribution in [-0.2, 0) is 0 Å². The predicted molar refractivity (Wildman–Crippen MR) is 85.7 cm³/mol. The van der Waals surface area contributed by atoms with Crippen molar-refractivity contribution < 1.29 is 0 Å². The molecule has 0 bridgehead atoms. The highest BCUT2D eigenvalue weighted by atomic mass is 16.1. The molecule has 12 nitrogen and oxygen atoms in total. The summed E-state index contributed by atoms with van der Waals surface area (Å²) in [5.41, 5.74) is 5.52. The van der Waals surface area contributed by atoms with Crippen molar-refractivity contribution in [3.8, 4) is 0 Å². The Morgan fingerprint density at radius 2 is 1.62 bits per heavy atom. The minimum Gasteiger partial charge on any atom is -0.369 e. The standard InChI is InChI=1S/C12H12N10O2/c1-2-14-12-18-8-6(10(24)20-12)16-4-22(8)21-3-15-5-7(21)17-11(13)19-9(5)23/h3-4H,2H2,1H3,(H3,13,17,19,23)(H2,14,18,20,24). The summed E-state index contributed by atoms with van der Waals surface area (Å²) in [5.74, 6) is 0.268. The molecule has 0 radical (unpaired) electrons. The predicted octanol–water partition coefficient (Wildman–Crippen LogP) is -1.12. The highest BCUT2D eigenvalue weighted by molar-refractivity contribution is 5.74. The zero-order chi connectivity index (χ0) is 16.8. The summed E-state index contributed by atoms with van der Waals surface area (Å²) < 4.78 is 2.91. The minimum atomic E-state index is -0.459.